The molecule has 0 amide bonds. The quantitative estimate of drug-likeness (QED) is 0.701. The van der Waals surface area contributed by atoms with Gasteiger partial charge in [-0.3, -0.25) is 4.79 Å². The molecule has 3 rings (SSSR count). The molecule has 3 heteroatoms. The summed E-state index contributed by atoms with van der Waals surface area (Å²) in [6.07, 6.45) is 4.50. The molecule has 0 aromatic heterocycles. The van der Waals surface area contributed by atoms with Crippen LogP contribution in [0.4, 0.5) is 0 Å². The van der Waals surface area contributed by atoms with Crippen molar-refractivity contribution in [3.05, 3.63) is 23.3 Å². The van der Waals surface area contributed by atoms with Crippen LogP contribution in [0.25, 0.3) is 0 Å². The summed E-state index contributed by atoms with van der Waals surface area (Å²) in [4.78, 5) is 12.0. The predicted molar refractivity (Wildman–Crippen MR) is 63.3 cm³/mol. The maximum atomic E-state index is 12.0. The summed E-state index contributed by atoms with van der Waals surface area (Å²) in [5, 5.41) is 0. The topological polar surface area (TPSA) is 35.5 Å². The predicted octanol–water partition coefficient (Wildman–Crippen LogP) is 2.09. The van der Waals surface area contributed by atoms with Crippen LogP contribution >= 0.6 is 0 Å². The molecule has 0 spiro atoms. The lowest BCUT2D eigenvalue weighted by Crippen LogP contribution is -2.44. The smallest absolute Gasteiger partial charge is 0.185 e. The van der Waals surface area contributed by atoms with Crippen LogP contribution in [-0.2, 0) is 14.3 Å². The van der Waals surface area contributed by atoms with Crippen molar-refractivity contribution in [2.45, 2.75) is 26.4 Å². The van der Waals surface area contributed by atoms with Crippen LogP contribution in [0.1, 0.15) is 20.3 Å². The maximum absolute atomic E-state index is 12.0. The lowest BCUT2D eigenvalue weighted by atomic mass is 9.70. The lowest BCUT2D eigenvalue weighted by molar-refractivity contribution is -0.148. The number of allylic oxidation sites excluding steroid dienone is 2. The van der Waals surface area contributed by atoms with Crippen LogP contribution in [0.3, 0.4) is 0 Å². The van der Waals surface area contributed by atoms with E-state index in [0.29, 0.717) is 11.8 Å². The Morgan fingerprint density at radius 3 is 2.94 bits per heavy atom. The van der Waals surface area contributed by atoms with Gasteiger partial charge in [0, 0.05) is 12.5 Å². The summed E-state index contributed by atoms with van der Waals surface area (Å²) in [5.74, 6) is 1.35. The number of carbonyl (C=O) groups excluding carboxylic acids is 1. The Hall–Kier alpha value is -0.930. The Bertz CT molecular complexity index is 435. The molecule has 92 valence electrons. The van der Waals surface area contributed by atoms with Crippen LogP contribution < -0.4 is 0 Å². The molecule has 0 heterocycles. The number of hydrogen-bond donors (Lipinski definition) is 0. The Morgan fingerprint density at radius 2 is 2.24 bits per heavy atom. The van der Waals surface area contributed by atoms with Crippen molar-refractivity contribution in [2.24, 2.45) is 17.3 Å². The molecule has 0 bridgehead atoms. The van der Waals surface area contributed by atoms with Crippen LogP contribution in [0.2, 0.25) is 0 Å². The highest BCUT2D eigenvalue weighted by Gasteiger charge is 2.63. The summed E-state index contributed by atoms with van der Waals surface area (Å²) >= 11 is 0. The Kier molecular flexibility index (Phi) is 2.32. The molecule has 0 aromatic rings. The highest BCUT2D eigenvalue weighted by Crippen LogP contribution is 2.67. The summed E-state index contributed by atoms with van der Waals surface area (Å²) in [5.41, 5.74) is 2.64. The summed E-state index contributed by atoms with van der Waals surface area (Å²) in [6, 6.07) is 0. The Balaban J connectivity index is 1.99. The van der Waals surface area contributed by atoms with E-state index >= 15 is 0 Å². The van der Waals surface area contributed by atoms with E-state index in [0.717, 1.165) is 0 Å². The average molecular weight is 234 g/mol. The molecule has 17 heavy (non-hydrogen) atoms. The third kappa shape index (κ3) is 1.33. The highest BCUT2D eigenvalue weighted by molar-refractivity contribution is 5.97. The molecule has 0 saturated heterocycles. The molecular weight excluding hydrogens is 216 g/mol. The third-order valence-corrected chi connectivity index (χ3v) is 4.69. The van der Waals surface area contributed by atoms with E-state index in [1.165, 1.54) is 17.6 Å². The van der Waals surface area contributed by atoms with Gasteiger partial charge in [-0.15, -0.1) is 0 Å². The molecule has 3 aliphatic carbocycles. The lowest BCUT2D eigenvalue weighted by Gasteiger charge is -2.38. The van der Waals surface area contributed by atoms with Crippen molar-refractivity contribution in [2.75, 3.05) is 13.9 Å². The number of hydrogen-bond acceptors (Lipinski definition) is 3. The number of carbonyl (C=O) groups is 1. The summed E-state index contributed by atoms with van der Waals surface area (Å²) < 4.78 is 10.6. The SMILES string of the molecule is COCO[C@H]1C(=O)C=CC2=C(C)[C@H]3C[C@H]3[C@@]21C. The standard InChI is InChI=1S/C14H18O3/c1-8-9-6-11(9)14(2)10(8)4-5-12(15)13(14)17-7-16-3/h4-5,9,11,13H,6-7H2,1-3H3/t9-,11-,13+,14-/m1/s1. The normalized spacial score (nSPS) is 42.8. The van der Waals surface area contributed by atoms with Crippen LogP contribution in [0.5, 0.6) is 0 Å². The molecule has 3 aliphatic rings. The van der Waals surface area contributed by atoms with Gasteiger partial charge in [0.05, 0.1) is 0 Å². The van der Waals surface area contributed by atoms with Crippen molar-refractivity contribution in [1.29, 1.82) is 0 Å². The molecular formula is C14H18O3. The van der Waals surface area contributed by atoms with Crippen LogP contribution in [0.15, 0.2) is 23.3 Å². The second kappa shape index (κ2) is 3.53. The zero-order valence-electron chi connectivity index (χ0n) is 10.5. The maximum Gasteiger partial charge on any atom is 0.185 e. The molecule has 0 aromatic carbocycles. The van der Waals surface area contributed by atoms with E-state index in [4.69, 9.17) is 9.47 Å². The zero-order valence-corrected chi connectivity index (χ0v) is 10.5. The highest BCUT2D eigenvalue weighted by atomic mass is 16.7. The van der Waals surface area contributed by atoms with Gasteiger partial charge in [0.15, 0.2) is 5.78 Å². The Morgan fingerprint density at radius 1 is 1.47 bits per heavy atom. The van der Waals surface area contributed by atoms with Gasteiger partial charge in [-0.25, -0.2) is 0 Å². The molecule has 1 saturated carbocycles. The number of ether oxygens (including phenoxy) is 2. The fourth-order valence-corrected chi connectivity index (χ4v) is 3.75. The van der Waals surface area contributed by atoms with E-state index in [-0.39, 0.29) is 24.1 Å². The molecule has 0 radical (unpaired) electrons. The average Bonchev–Trinajstić information content (AvgIpc) is 3.04. The van der Waals surface area contributed by atoms with E-state index in [1.54, 1.807) is 13.2 Å². The molecule has 3 nitrogen and oxygen atoms in total. The van der Waals surface area contributed by atoms with E-state index in [2.05, 4.69) is 13.8 Å². The third-order valence-electron chi connectivity index (χ3n) is 4.69. The van der Waals surface area contributed by atoms with Crippen molar-refractivity contribution in [3.63, 3.8) is 0 Å². The fraction of sp³-hybridized carbons (Fsp3) is 0.643. The first-order valence-corrected chi connectivity index (χ1v) is 6.14. The molecule has 0 unspecified atom stereocenters. The zero-order chi connectivity index (χ0) is 12.2. The van der Waals surface area contributed by atoms with E-state index < -0.39 is 0 Å². The van der Waals surface area contributed by atoms with Crippen molar-refractivity contribution in [3.8, 4) is 0 Å². The van der Waals surface area contributed by atoms with Gasteiger partial charge in [-0.2, -0.15) is 0 Å². The first-order chi connectivity index (χ1) is 8.10. The van der Waals surface area contributed by atoms with Gasteiger partial charge in [0.25, 0.3) is 0 Å². The van der Waals surface area contributed by atoms with E-state index in [9.17, 15) is 4.79 Å². The van der Waals surface area contributed by atoms with Gasteiger partial charge in [0.1, 0.15) is 12.9 Å². The largest absolute Gasteiger partial charge is 0.359 e. The summed E-state index contributed by atoms with van der Waals surface area (Å²) in [7, 11) is 1.59. The van der Waals surface area contributed by atoms with Gasteiger partial charge >= 0.3 is 0 Å². The first-order valence-electron chi connectivity index (χ1n) is 6.14. The van der Waals surface area contributed by atoms with E-state index in [1.807, 2.05) is 6.08 Å². The minimum absolute atomic E-state index is 0.0775. The number of fused-ring (bicyclic) bond motifs is 3. The monoisotopic (exact) mass is 234 g/mol. The molecule has 4 atom stereocenters. The number of rotatable bonds is 3. The second-order valence-electron chi connectivity index (χ2n) is 5.52. The fourth-order valence-electron chi connectivity index (χ4n) is 3.75. The van der Waals surface area contributed by atoms with Gasteiger partial charge in [-0.05, 0) is 36.8 Å². The number of methoxy groups -OCH3 is 1. The van der Waals surface area contributed by atoms with Gasteiger partial charge in [0.2, 0.25) is 0 Å². The van der Waals surface area contributed by atoms with Crippen LogP contribution in [0, 0.1) is 17.3 Å². The molecule has 0 N–H and O–H groups in total. The van der Waals surface area contributed by atoms with Gasteiger partial charge in [-0.1, -0.05) is 18.6 Å². The summed E-state index contributed by atoms with van der Waals surface area (Å²) in [6.45, 7) is 4.55. The second-order valence-corrected chi connectivity index (χ2v) is 5.52. The molecule has 1 fully saturated rings. The number of ketones is 1. The first kappa shape index (κ1) is 11.2. The van der Waals surface area contributed by atoms with Crippen molar-refractivity contribution >= 4 is 5.78 Å². The van der Waals surface area contributed by atoms with Gasteiger partial charge < -0.3 is 9.47 Å². The minimum Gasteiger partial charge on any atom is -0.359 e. The Labute approximate surface area is 101 Å². The van der Waals surface area contributed by atoms with Crippen molar-refractivity contribution < 1.29 is 14.3 Å². The van der Waals surface area contributed by atoms with Crippen molar-refractivity contribution in [1.82, 2.24) is 0 Å². The minimum atomic E-state index is -0.366. The molecule has 0 aliphatic heterocycles. The van der Waals surface area contributed by atoms with Crippen LogP contribution in [-0.4, -0.2) is 25.8 Å².